The van der Waals surface area contributed by atoms with E-state index in [9.17, 15) is 9.18 Å². The lowest BCUT2D eigenvalue weighted by Gasteiger charge is -2.08. The van der Waals surface area contributed by atoms with Crippen molar-refractivity contribution in [2.24, 2.45) is 0 Å². The molecule has 24 heavy (non-hydrogen) atoms. The van der Waals surface area contributed by atoms with Crippen LogP contribution in [0.3, 0.4) is 0 Å². The number of amides is 1. The van der Waals surface area contributed by atoms with E-state index in [4.69, 9.17) is 14.7 Å². The molecule has 122 valence electrons. The van der Waals surface area contributed by atoms with Crippen molar-refractivity contribution in [3.63, 3.8) is 0 Å². The predicted molar refractivity (Wildman–Crippen MR) is 88.2 cm³/mol. The maximum absolute atomic E-state index is 12.8. The SMILES string of the molecule is COc1cc(C=CC(=O)Nc2ccc(F)cc2)ccc1OCC#N. The van der Waals surface area contributed by atoms with Gasteiger partial charge in [0.2, 0.25) is 5.91 Å². The third-order valence-corrected chi connectivity index (χ3v) is 3.02. The summed E-state index contributed by atoms with van der Waals surface area (Å²) in [6, 6.07) is 12.5. The fourth-order valence-electron chi connectivity index (χ4n) is 1.91. The Morgan fingerprint density at radius 3 is 2.67 bits per heavy atom. The topological polar surface area (TPSA) is 71.3 Å². The van der Waals surface area contributed by atoms with Crippen LogP contribution in [0.5, 0.6) is 11.5 Å². The number of ether oxygens (including phenoxy) is 2. The number of nitrogens with zero attached hydrogens (tertiary/aromatic N) is 1. The van der Waals surface area contributed by atoms with Crippen LogP contribution in [0.15, 0.2) is 48.5 Å². The van der Waals surface area contributed by atoms with Gasteiger partial charge < -0.3 is 14.8 Å². The number of rotatable bonds is 6. The van der Waals surface area contributed by atoms with Gasteiger partial charge in [0.1, 0.15) is 11.9 Å². The second-order valence-corrected chi connectivity index (χ2v) is 4.69. The Bertz CT molecular complexity index is 780. The summed E-state index contributed by atoms with van der Waals surface area (Å²) in [5, 5.41) is 11.2. The molecule has 2 aromatic carbocycles. The summed E-state index contributed by atoms with van der Waals surface area (Å²) in [6.07, 6.45) is 2.96. The smallest absolute Gasteiger partial charge is 0.248 e. The number of nitrogens with one attached hydrogen (secondary N) is 1. The molecule has 0 spiro atoms. The Labute approximate surface area is 138 Å². The van der Waals surface area contributed by atoms with Gasteiger partial charge in [-0.2, -0.15) is 5.26 Å². The van der Waals surface area contributed by atoms with Gasteiger partial charge in [-0.05, 0) is 48.0 Å². The number of methoxy groups -OCH3 is 1. The Morgan fingerprint density at radius 2 is 2.00 bits per heavy atom. The molecule has 0 heterocycles. The Kier molecular flexibility index (Phi) is 5.92. The van der Waals surface area contributed by atoms with Crippen molar-refractivity contribution in [1.29, 1.82) is 5.26 Å². The Hall–Kier alpha value is -3.33. The third-order valence-electron chi connectivity index (χ3n) is 3.02. The van der Waals surface area contributed by atoms with Gasteiger partial charge >= 0.3 is 0 Å². The number of halogens is 1. The average Bonchev–Trinajstić information content (AvgIpc) is 2.60. The van der Waals surface area contributed by atoms with Crippen LogP contribution in [0.1, 0.15) is 5.56 Å². The van der Waals surface area contributed by atoms with Crippen LogP contribution < -0.4 is 14.8 Å². The lowest BCUT2D eigenvalue weighted by Crippen LogP contribution is -2.07. The zero-order valence-corrected chi connectivity index (χ0v) is 13.0. The number of benzene rings is 2. The molecule has 0 saturated heterocycles. The minimum atomic E-state index is -0.366. The predicted octanol–water partition coefficient (Wildman–Crippen LogP) is 3.39. The van der Waals surface area contributed by atoms with Crippen molar-refractivity contribution in [2.75, 3.05) is 19.0 Å². The molecule has 2 aromatic rings. The first-order valence-electron chi connectivity index (χ1n) is 7.05. The second kappa shape index (κ2) is 8.34. The highest BCUT2D eigenvalue weighted by atomic mass is 19.1. The number of hydrogen-bond donors (Lipinski definition) is 1. The zero-order chi connectivity index (χ0) is 17.4. The summed E-state index contributed by atoms with van der Waals surface area (Å²) in [5.74, 6) is 0.207. The molecule has 0 unspecified atom stereocenters. The van der Waals surface area contributed by atoms with E-state index in [2.05, 4.69) is 5.32 Å². The van der Waals surface area contributed by atoms with Crippen LogP contribution in [0, 0.1) is 17.1 Å². The quantitative estimate of drug-likeness (QED) is 0.826. The largest absolute Gasteiger partial charge is 0.493 e. The number of hydrogen-bond acceptors (Lipinski definition) is 4. The minimum Gasteiger partial charge on any atom is -0.493 e. The summed E-state index contributed by atoms with van der Waals surface area (Å²) in [4.78, 5) is 11.8. The first-order chi connectivity index (χ1) is 11.6. The van der Waals surface area contributed by atoms with E-state index in [0.29, 0.717) is 17.2 Å². The summed E-state index contributed by atoms with van der Waals surface area (Å²) in [6.45, 7) is -0.0778. The van der Waals surface area contributed by atoms with Crippen molar-refractivity contribution in [3.8, 4) is 17.6 Å². The second-order valence-electron chi connectivity index (χ2n) is 4.69. The third kappa shape index (κ3) is 4.85. The molecule has 5 nitrogen and oxygen atoms in total. The highest BCUT2D eigenvalue weighted by Crippen LogP contribution is 2.28. The number of nitriles is 1. The lowest BCUT2D eigenvalue weighted by atomic mass is 10.2. The van der Waals surface area contributed by atoms with Crippen LogP contribution in [0.25, 0.3) is 6.08 Å². The molecule has 0 radical (unpaired) electrons. The summed E-state index contributed by atoms with van der Waals surface area (Å²) >= 11 is 0. The standard InChI is InChI=1S/C18H15FN2O3/c1-23-17-12-13(2-8-16(17)24-11-10-20)3-9-18(22)21-15-6-4-14(19)5-7-15/h2-9,12H,11H2,1H3,(H,21,22). The molecule has 0 aliphatic rings. The van der Waals surface area contributed by atoms with Gasteiger partial charge in [0.15, 0.2) is 18.1 Å². The van der Waals surface area contributed by atoms with Crippen LogP contribution >= 0.6 is 0 Å². The van der Waals surface area contributed by atoms with E-state index >= 15 is 0 Å². The average molecular weight is 326 g/mol. The van der Waals surface area contributed by atoms with Gasteiger partial charge in [-0.3, -0.25) is 4.79 Å². The van der Waals surface area contributed by atoms with Gasteiger partial charge in [-0.15, -0.1) is 0 Å². The molecule has 0 aliphatic heterocycles. The van der Waals surface area contributed by atoms with Crippen molar-refractivity contribution < 1.29 is 18.7 Å². The zero-order valence-electron chi connectivity index (χ0n) is 13.0. The maximum atomic E-state index is 12.8. The normalized spacial score (nSPS) is 10.2. The van der Waals surface area contributed by atoms with Crippen LogP contribution in [-0.2, 0) is 4.79 Å². The Balaban J connectivity index is 2.03. The Morgan fingerprint density at radius 1 is 1.25 bits per heavy atom. The molecular formula is C18H15FN2O3. The van der Waals surface area contributed by atoms with Crippen LogP contribution in [0.4, 0.5) is 10.1 Å². The van der Waals surface area contributed by atoms with E-state index in [1.54, 1.807) is 24.3 Å². The van der Waals surface area contributed by atoms with Gasteiger partial charge in [0.05, 0.1) is 7.11 Å². The van der Waals surface area contributed by atoms with E-state index in [1.807, 2.05) is 6.07 Å². The summed E-state index contributed by atoms with van der Waals surface area (Å²) < 4.78 is 23.2. The number of anilines is 1. The van der Waals surface area contributed by atoms with Crippen LogP contribution in [-0.4, -0.2) is 19.6 Å². The fourth-order valence-corrected chi connectivity index (χ4v) is 1.91. The van der Waals surface area contributed by atoms with Gasteiger partial charge in [-0.25, -0.2) is 4.39 Å². The maximum Gasteiger partial charge on any atom is 0.248 e. The van der Waals surface area contributed by atoms with E-state index in [1.165, 1.54) is 37.5 Å². The molecule has 1 amide bonds. The molecule has 0 bridgehead atoms. The molecule has 1 N–H and O–H groups in total. The van der Waals surface area contributed by atoms with Crippen molar-refractivity contribution in [3.05, 3.63) is 59.9 Å². The number of carbonyl (C=O) groups excluding carboxylic acids is 1. The van der Waals surface area contributed by atoms with E-state index in [0.717, 1.165) is 5.56 Å². The van der Waals surface area contributed by atoms with Crippen LogP contribution in [0.2, 0.25) is 0 Å². The van der Waals surface area contributed by atoms with Crippen molar-refractivity contribution in [2.45, 2.75) is 0 Å². The summed E-state index contributed by atoms with van der Waals surface area (Å²) in [7, 11) is 1.49. The molecule has 0 atom stereocenters. The molecule has 0 saturated carbocycles. The highest BCUT2D eigenvalue weighted by molar-refractivity contribution is 6.01. The molecule has 0 aliphatic carbocycles. The molecule has 2 rings (SSSR count). The first-order valence-corrected chi connectivity index (χ1v) is 7.05. The van der Waals surface area contributed by atoms with Gasteiger partial charge in [-0.1, -0.05) is 6.07 Å². The first kappa shape index (κ1) is 17.0. The fraction of sp³-hybridized carbons (Fsp3) is 0.111. The van der Waals surface area contributed by atoms with E-state index in [-0.39, 0.29) is 18.3 Å². The van der Waals surface area contributed by atoms with Gasteiger partial charge in [0, 0.05) is 11.8 Å². The van der Waals surface area contributed by atoms with Crippen molar-refractivity contribution in [1.82, 2.24) is 0 Å². The summed E-state index contributed by atoms with van der Waals surface area (Å²) in [5.41, 5.74) is 1.23. The highest BCUT2D eigenvalue weighted by Gasteiger charge is 2.05. The van der Waals surface area contributed by atoms with Gasteiger partial charge in [0.25, 0.3) is 0 Å². The van der Waals surface area contributed by atoms with Crippen molar-refractivity contribution >= 4 is 17.7 Å². The molecule has 6 heteroatoms. The lowest BCUT2D eigenvalue weighted by molar-refractivity contribution is -0.111. The molecule has 0 aromatic heterocycles. The van der Waals surface area contributed by atoms with E-state index < -0.39 is 0 Å². The number of carbonyl (C=O) groups is 1. The monoisotopic (exact) mass is 326 g/mol. The molecule has 0 fully saturated rings. The minimum absolute atomic E-state index is 0.0778. The molecular weight excluding hydrogens is 311 g/mol.